The van der Waals surface area contributed by atoms with Crippen LogP contribution in [0.1, 0.15) is 54.7 Å². The fourth-order valence-corrected chi connectivity index (χ4v) is 5.91. The van der Waals surface area contributed by atoms with Crippen molar-refractivity contribution >= 4 is 17.5 Å². The van der Waals surface area contributed by atoms with E-state index >= 15 is 0 Å². The zero-order valence-corrected chi connectivity index (χ0v) is 19.8. The molecular weight excluding hydrogens is 444 g/mol. The van der Waals surface area contributed by atoms with Gasteiger partial charge in [-0.05, 0) is 55.0 Å². The Bertz CT molecular complexity index is 1130. The zero-order chi connectivity index (χ0) is 23.9. The van der Waals surface area contributed by atoms with Gasteiger partial charge in [-0.2, -0.15) is 0 Å². The van der Waals surface area contributed by atoms with Gasteiger partial charge in [0.2, 0.25) is 11.8 Å². The molecule has 2 amide bonds. The fraction of sp³-hybridized carbons (Fsp3) is 0.500. The fourth-order valence-electron chi connectivity index (χ4n) is 5.91. The Morgan fingerprint density at radius 2 is 1.94 bits per heavy atom. The van der Waals surface area contributed by atoms with E-state index in [1.54, 1.807) is 0 Å². The van der Waals surface area contributed by atoms with Gasteiger partial charge in [-0.1, -0.05) is 30.7 Å². The van der Waals surface area contributed by atoms with Crippen LogP contribution in [0.3, 0.4) is 0 Å². The summed E-state index contributed by atoms with van der Waals surface area (Å²) < 4.78 is 12.3. The van der Waals surface area contributed by atoms with Crippen molar-refractivity contribution in [2.45, 2.75) is 69.3 Å². The van der Waals surface area contributed by atoms with E-state index in [1.807, 2.05) is 35.2 Å². The van der Waals surface area contributed by atoms with Gasteiger partial charge in [-0.3, -0.25) is 9.59 Å². The lowest BCUT2D eigenvalue weighted by molar-refractivity contribution is -0.149. The second-order valence-electron chi connectivity index (χ2n) is 10.3. The van der Waals surface area contributed by atoms with Crippen molar-refractivity contribution in [1.29, 1.82) is 0 Å². The molecule has 3 heterocycles. The van der Waals surface area contributed by atoms with Crippen molar-refractivity contribution in [3.8, 4) is 5.75 Å². The number of aliphatic hydroxyl groups excluding tert-OH is 1. The Kier molecular flexibility index (Phi) is 5.98. The highest BCUT2D eigenvalue weighted by Gasteiger charge is 2.46. The normalized spacial score (nSPS) is 27.2. The highest BCUT2D eigenvalue weighted by molar-refractivity contribution is 5.93. The minimum atomic E-state index is -0.492. The molecular formula is C28H32N2O5. The van der Waals surface area contributed by atoms with Crippen LogP contribution in [-0.2, 0) is 27.3 Å². The average Bonchev–Trinajstić information content (AvgIpc) is 3.20. The number of nitrogens with zero attached hydrogens (tertiary/aromatic N) is 1. The summed E-state index contributed by atoms with van der Waals surface area (Å²) in [4.78, 5) is 27.5. The van der Waals surface area contributed by atoms with Crippen LogP contribution in [0.2, 0.25) is 0 Å². The minimum absolute atomic E-state index is 0.0105. The minimum Gasteiger partial charge on any atom is -0.487 e. The van der Waals surface area contributed by atoms with E-state index in [-0.39, 0.29) is 48.9 Å². The van der Waals surface area contributed by atoms with Gasteiger partial charge in [-0.25, -0.2) is 0 Å². The maximum Gasteiger partial charge on any atom is 0.227 e. The number of hydrogen-bond acceptors (Lipinski definition) is 5. The van der Waals surface area contributed by atoms with E-state index < -0.39 is 6.10 Å². The standard InChI is InChI=1S/C28H32N2O5/c31-16-25-27-23(22-12-20(8-9-24(22)35-27)29-28(33)18-6-3-7-18)13-21(34-25)14-26(32)30-11-10-17-4-1-2-5-19(17)15-30/h1-2,4-5,8-9,12,18,21,23,25,27,31H,3,6-7,10-11,13-16H2,(H,29,33)/t21-,23-,25+,27+/m1/s1. The second-order valence-corrected chi connectivity index (χ2v) is 10.3. The Labute approximate surface area is 205 Å². The lowest BCUT2D eigenvalue weighted by atomic mass is 9.83. The molecule has 0 unspecified atom stereocenters. The number of carbonyl (C=O) groups excluding carboxylic acids is 2. The monoisotopic (exact) mass is 476 g/mol. The first-order valence-electron chi connectivity index (χ1n) is 12.8. The number of nitrogens with one attached hydrogen (secondary N) is 1. The third kappa shape index (κ3) is 4.32. The summed E-state index contributed by atoms with van der Waals surface area (Å²) in [5.41, 5.74) is 4.32. The van der Waals surface area contributed by atoms with Crippen LogP contribution in [0.25, 0.3) is 0 Å². The van der Waals surface area contributed by atoms with E-state index in [9.17, 15) is 14.7 Å². The third-order valence-corrected chi connectivity index (χ3v) is 8.13. The average molecular weight is 477 g/mol. The first-order chi connectivity index (χ1) is 17.1. The Morgan fingerprint density at radius 3 is 2.71 bits per heavy atom. The van der Waals surface area contributed by atoms with Crippen molar-refractivity contribution in [1.82, 2.24) is 4.90 Å². The van der Waals surface area contributed by atoms with Gasteiger partial charge >= 0.3 is 0 Å². The highest BCUT2D eigenvalue weighted by Crippen LogP contribution is 2.47. The summed E-state index contributed by atoms with van der Waals surface area (Å²) in [7, 11) is 0. The molecule has 0 radical (unpaired) electrons. The Balaban J connectivity index is 1.15. The molecule has 6 rings (SSSR count). The van der Waals surface area contributed by atoms with Gasteiger partial charge in [0.05, 0.1) is 19.1 Å². The number of amides is 2. The summed E-state index contributed by atoms with van der Waals surface area (Å²) in [5, 5.41) is 13.1. The molecule has 0 spiro atoms. The number of fused-ring (bicyclic) bond motifs is 4. The Hall–Kier alpha value is -2.90. The molecule has 0 bridgehead atoms. The van der Waals surface area contributed by atoms with E-state index in [2.05, 4.69) is 17.4 Å². The predicted molar refractivity (Wildman–Crippen MR) is 130 cm³/mol. The van der Waals surface area contributed by atoms with Gasteiger partial charge in [0.15, 0.2) is 0 Å². The molecule has 0 aromatic heterocycles. The first kappa shape index (κ1) is 22.6. The molecule has 2 fully saturated rings. The van der Waals surface area contributed by atoms with Crippen LogP contribution in [0.4, 0.5) is 5.69 Å². The van der Waals surface area contributed by atoms with Crippen LogP contribution in [-0.4, -0.2) is 53.3 Å². The summed E-state index contributed by atoms with van der Waals surface area (Å²) >= 11 is 0. The second kappa shape index (κ2) is 9.28. The number of hydrogen-bond donors (Lipinski definition) is 2. The lowest BCUT2D eigenvalue weighted by Crippen LogP contribution is -2.48. The number of anilines is 1. The smallest absolute Gasteiger partial charge is 0.227 e. The van der Waals surface area contributed by atoms with Gasteiger partial charge < -0.3 is 24.8 Å². The molecule has 2 aromatic carbocycles. The molecule has 1 aliphatic carbocycles. The van der Waals surface area contributed by atoms with Crippen LogP contribution in [0.15, 0.2) is 42.5 Å². The van der Waals surface area contributed by atoms with Crippen LogP contribution >= 0.6 is 0 Å². The van der Waals surface area contributed by atoms with E-state index in [0.29, 0.717) is 19.5 Å². The molecule has 2 N–H and O–H groups in total. The van der Waals surface area contributed by atoms with Gasteiger partial charge in [0, 0.05) is 36.2 Å². The molecule has 7 heteroatoms. The lowest BCUT2D eigenvalue weighted by Gasteiger charge is -2.38. The number of carbonyl (C=O) groups is 2. The SMILES string of the molecule is O=C(Nc1ccc2c(c1)[C@H]1C[C@H](CC(=O)N3CCc4ccccc4C3)O[C@@H](CO)[C@H]1O2)C1CCC1. The molecule has 1 saturated carbocycles. The topological polar surface area (TPSA) is 88.1 Å². The predicted octanol–water partition coefficient (Wildman–Crippen LogP) is 3.39. The van der Waals surface area contributed by atoms with Gasteiger partial charge in [-0.15, -0.1) is 0 Å². The molecule has 4 atom stereocenters. The van der Waals surface area contributed by atoms with Crippen molar-refractivity contribution in [3.05, 3.63) is 59.2 Å². The quantitative estimate of drug-likeness (QED) is 0.691. The maximum absolute atomic E-state index is 13.2. The summed E-state index contributed by atoms with van der Waals surface area (Å²) in [6, 6.07) is 14.0. The summed E-state index contributed by atoms with van der Waals surface area (Å²) in [6.07, 6.45) is 3.76. The molecule has 7 nitrogen and oxygen atoms in total. The van der Waals surface area contributed by atoms with Crippen molar-refractivity contribution in [2.24, 2.45) is 5.92 Å². The van der Waals surface area contributed by atoms with Crippen LogP contribution in [0, 0.1) is 5.92 Å². The number of rotatable bonds is 5. The first-order valence-corrected chi connectivity index (χ1v) is 12.8. The number of aliphatic hydroxyl groups is 1. The molecule has 1 saturated heterocycles. The van der Waals surface area contributed by atoms with Crippen molar-refractivity contribution < 1.29 is 24.2 Å². The van der Waals surface area contributed by atoms with Crippen LogP contribution < -0.4 is 10.1 Å². The summed E-state index contributed by atoms with van der Waals surface area (Å²) in [6.45, 7) is 1.18. The third-order valence-electron chi connectivity index (χ3n) is 8.13. The van der Waals surface area contributed by atoms with Crippen molar-refractivity contribution in [3.63, 3.8) is 0 Å². The van der Waals surface area contributed by atoms with Crippen LogP contribution in [0.5, 0.6) is 5.75 Å². The molecule has 184 valence electrons. The molecule has 3 aliphatic heterocycles. The largest absolute Gasteiger partial charge is 0.487 e. The highest BCUT2D eigenvalue weighted by atomic mass is 16.6. The molecule has 4 aliphatic rings. The maximum atomic E-state index is 13.2. The molecule has 35 heavy (non-hydrogen) atoms. The van der Waals surface area contributed by atoms with E-state index in [4.69, 9.17) is 9.47 Å². The Morgan fingerprint density at radius 1 is 1.11 bits per heavy atom. The number of ether oxygens (including phenoxy) is 2. The summed E-state index contributed by atoms with van der Waals surface area (Å²) in [5.74, 6) is 1.06. The van der Waals surface area contributed by atoms with E-state index in [1.165, 1.54) is 11.1 Å². The van der Waals surface area contributed by atoms with Gasteiger partial charge in [0.25, 0.3) is 0 Å². The number of benzene rings is 2. The van der Waals surface area contributed by atoms with Gasteiger partial charge in [0.1, 0.15) is 18.0 Å². The zero-order valence-electron chi connectivity index (χ0n) is 19.8. The molecule has 2 aromatic rings. The van der Waals surface area contributed by atoms with Crippen molar-refractivity contribution in [2.75, 3.05) is 18.5 Å². The van der Waals surface area contributed by atoms with E-state index in [0.717, 1.165) is 42.7 Å².